The van der Waals surface area contributed by atoms with Crippen molar-refractivity contribution < 1.29 is 0 Å². The lowest BCUT2D eigenvalue weighted by Gasteiger charge is -2.22. The van der Waals surface area contributed by atoms with Crippen LogP contribution in [0.25, 0.3) is 0 Å². The summed E-state index contributed by atoms with van der Waals surface area (Å²) in [4.78, 5) is 2.37. The van der Waals surface area contributed by atoms with Gasteiger partial charge < -0.3 is 10.2 Å². The van der Waals surface area contributed by atoms with Crippen LogP contribution in [0.1, 0.15) is 20.8 Å². The average molecular weight is 158 g/mol. The fraction of sp³-hybridized carbons (Fsp3) is 1.00. The van der Waals surface area contributed by atoms with E-state index < -0.39 is 0 Å². The summed E-state index contributed by atoms with van der Waals surface area (Å²) in [5.41, 5.74) is 0. The molecule has 0 spiro atoms. The van der Waals surface area contributed by atoms with Gasteiger partial charge in [0.2, 0.25) is 0 Å². The van der Waals surface area contributed by atoms with Crippen LogP contribution in [0, 0.1) is 5.92 Å². The second-order valence-corrected chi connectivity index (χ2v) is 3.80. The van der Waals surface area contributed by atoms with E-state index >= 15 is 0 Å². The van der Waals surface area contributed by atoms with Crippen molar-refractivity contribution in [2.24, 2.45) is 5.92 Å². The van der Waals surface area contributed by atoms with E-state index in [1.807, 2.05) is 7.05 Å². The van der Waals surface area contributed by atoms with Crippen molar-refractivity contribution in [2.75, 3.05) is 27.2 Å². The molecule has 1 unspecified atom stereocenters. The van der Waals surface area contributed by atoms with Gasteiger partial charge in [-0.3, -0.25) is 0 Å². The number of nitrogens with zero attached hydrogens (tertiary/aromatic N) is 1. The minimum Gasteiger partial charge on any atom is -0.316 e. The van der Waals surface area contributed by atoms with Crippen molar-refractivity contribution >= 4 is 0 Å². The molecule has 0 heterocycles. The van der Waals surface area contributed by atoms with Crippen molar-refractivity contribution in [3.63, 3.8) is 0 Å². The minimum atomic E-state index is 0.596. The van der Waals surface area contributed by atoms with Gasteiger partial charge in [-0.2, -0.15) is 0 Å². The van der Waals surface area contributed by atoms with Crippen molar-refractivity contribution in [3.05, 3.63) is 0 Å². The molecular formula is C9H22N2. The molecule has 0 fully saturated rings. The molecule has 0 amide bonds. The maximum atomic E-state index is 3.23. The third-order valence-electron chi connectivity index (χ3n) is 1.76. The highest BCUT2D eigenvalue weighted by Gasteiger charge is 2.04. The Kier molecular flexibility index (Phi) is 5.51. The monoisotopic (exact) mass is 158 g/mol. The second kappa shape index (κ2) is 5.56. The van der Waals surface area contributed by atoms with E-state index in [1.165, 1.54) is 6.54 Å². The molecule has 0 saturated heterocycles. The van der Waals surface area contributed by atoms with E-state index in [1.54, 1.807) is 0 Å². The minimum absolute atomic E-state index is 0.596. The molecule has 1 N–H and O–H groups in total. The van der Waals surface area contributed by atoms with Crippen molar-refractivity contribution in [3.8, 4) is 0 Å². The molecule has 0 rings (SSSR count). The molecule has 0 aliphatic carbocycles. The lowest BCUT2D eigenvalue weighted by atomic mass is 10.2. The molecule has 11 heavy (non-hydrogen) atoms. The molecule has 0 aromatic rings. The second-order valence-electron chi connectivity index (χ2n) is 3.80. The van der Waals surface area contributed by atoms with Gasteiger partial charge in [0.25, 0.3) is 0 Å². The molecule has 0 saturated carbocycles. The van der Waals surface area contributed by atoms with Crippen LogP contribution in [0.15, 0.2) is 0 Å². The van der Waals surface area contributed by atoms with Crippen LogP contribution >= 0.6 is 0 Å². The first-order chi connectivity index (χ1) is 5.06. The maximum Gasteiger partial charge on any atom is 0.0163 e. The Morgan fingerprint density at radius 1 is 1.18 bits per heavy atom. The number of nitrogens with one attached hydrogen (secondary N) is 1. The Bertz CT molecular complexity index is 91.6. The molecule has 0 radical (unpaired) electrons. The molecule has 0 bridgehead atoms. The van der Waals surface area contributed by atoms with Gasteiger partial charge in [-0.25, -0.2) is 0 Å². The van der Waals surface area contributed by atoms with Gasteiger partial charge in [0.1, 0.15) is 0 Å². The largest absolute Gasteiger partial charge is 0.316 e. The van der Waals surface area contributed by atoms with Crippen LogP contribution in [-0.2, 0) is 0 Å². The molecule has 0 aromatic carbocycles. The summed E-state index contributed by atoms with van der Waals surface area (Å²) in [5, 5.41) is 3.23. The summed E-state index contributed by atoms with van der Waals surface area (Å²) >= 11 is 0. The summed E-state index contributed by atoms with van der Waals surface area (Å²) < 4.78 is 0. The normalized spacial score (nSPS) is 14.5. The smallest absolute Gasteiger partial charge is 0.0163 e. The standard InChI is InChI=1S/C9H22N2/c1-8(2)6-11(5)7-9(3)10-4/h8-10H,6-7H2,1-5H3. The number of hydrogen-bond donors (Lipinski definition) is 1. The molecule has 0 aromatic heterocycles. The molecule has 2 heteroatoms. The topological polar surface area (TPSA) is 15.3 Å². The van der Waals surface area contributed by atoms with Crippen molar-refractivity contribution in [1.29, 1.82) is 0 Å². The highest BCUT2D eigenvalue weighted by molar-refractivity contribution is 4.63. The number of likely N-dealkylation sites (N-methyl/N-ethyl adjacent to an activating group) is 2. The zero-order chi connectivity index (χ0) is 8.85. The number of hydrogen-bond acceptors (Lipinski definition) is 2. The summed E-state index contributed by atoms with van der Waals surface area (Å²) in [6.07, 6.45) is 0. The molecule has 1 atom stereocenters. The summed E-state index contributed by atoms with van der Waals surface area (Å²) in [5.74, 6) is 0.768. The van der Waals surface area contributed by atoms with E-state index in [4.69, 9.17) is 0 Å². The molecule has 2 nitrogen and oxygen atoms in total. The highest BCUT2D eigenvalue weighted by atomic mass is 15.1. The Labute approximate surface area is 71.0 Å². The van der Waals surface area contributed by atoms with Crippen LogP contribution in [0.4, 0.5) is 0 Å². The first-order valence-electron chi connectivity index (χ1n) is 4.42. The van der Waals surface area contributed by atoms with Crippen molar-refractivity contribution in [2.45, 2.75) is 26.8 Å². The first kappa shape index (κ1) is 10.9. The Morgan fingerprint density at radius 2 is 1.73 bits per heavy atom. The van der Waals surface area contributed by atoms with Crippen LogP contribution in [0.5, 0.6) is 0 Å². The highest BCUT2D eigenvalue weighted by Crippen LogP contribution is 1.96. The van der Waals surface area contributed by atoms with Crippen LogP contribution in [0.3, 0.4) is 0 Å². The quantitative estimate of drug-likeness (QED) is 0.646. The summed E-state index contributed by atoms with van der Waals surface area (Å²) in [6, 6.07) is 0.596. The van der Waals surface area contributed by atoms with Gasteiger partial charge in [-0.05, 0) is 26.9 Å². The lowest BCUT2D eigenvalue weighted by Crippen LogP contribution is -2.36. The van der Waals surface area contributed by atoms with Gasteiger partial charge >= 0.3 is 0 Å². The summed E-state index contributed by atoms with van der Waals surface area (Å²) in [6.45, 7) is 9.03. The van der Waals surface area contributed by atoms with Gasteiger partial charge in [0.05, 0.1) is 0 Å². The van der Waals surface area contributed by atoms with E-state index in [2.05, 4.69) is 38.0 Å². The Balaban J connectivity index is 3.43. The van der Waals surface area contributed by atoms with E-state index in [-0.39, 0.29) is 0 Å². The van der Waals surface area contributed by atoms with E-state index in [9.17, 15) is 0 Å². The third kappa shape index (κ3) is 6.32. The molecular weight excluding hydrogens is 136 g/mol. The van der Waals surface area contributed by atoms with E-state index in [0.29, 0.717) is 6.04 Å². The Hall–Kier alpha value is -0.0800. The van der Waals surface area contributed by atoms with Gasteiger partial charge in [-0.1, -0.05) is 13.8 Å². The zero-order valence-corrected chi connectivity index (χ0v) is 8.52. The Morgan fingerprint density at radius 3 is 2.09 bits per heavy atom. The van der Waals surface area contributed by atoms with Gasteiger partial charge in [0.15, 0.2) is 0 Å². The van der Waals surface area contributed by atoms with E-state index in [0.717, 1.165) is 12.5 Å². The first-order valence-corrected chi connectivity index (χ1v) is 4.42. The van der Waals surface area contributed by atoms with Crippen LogP contribution in [0.2, 0.25) is 0 Å². The molecule has 0 aliphatic rings. The van der Waals surface area contributed by atoms with Gasteiger partial charge in [0, 0.05) is 19.1 Å². The summed E-state index contributed by atoms with van der Waals surface area (Å²) in [7, 11) is 4.18. The average Bonchev–Trinajstić information content (AvgIpc) is 1.85. The number of rotatable bonds is 5. The maximum absolute atomic E-state index is 3.23. The van der Waals surface area contributed by atoms with Gasteiger partial charge in [-0.15, -0.1) is 0 Å². The van der Waals surface area contributed by atoms with Crippen LogP contribution < -0.4 is 5.32 Å². The lowest BCUT2D eigenvalue weighted by molar-refractivity contribution is 0.272. The third-order valence-corrected chi connectivity index (χ3v) is 1.76. The van der Waals surface area contributed by atoms with Crippen molar-refractivity contribution in [1.82, 2.24) is 10.2 Å². The fourth-order valence-electron chi connectivity index (χ4n) is 1.26. The van der Waals surface area contributed by atoms with Crippen LogP contribution in [-0.4, -0.2) is 38.1 Å². The predicted octanol–water partition coefficient (Wildman–Crippen LogP) is 1.18. The zero-order valence-electron chi connectivity index (χ0n) is 8.52. The SMILES string of the molecule is CNC(C)CN(C)CC(C)C. The molecule has 0 aliphatic heterocycles. The molecule has 68 valence electrons. The fourth-order valence-corrected chi connectivity index (χ4v) is 1.26. The predicted molar refractivity (Wildman–Crippen MR) is 50.9 cm³/mol.